The summed E-state index contributed by atoms with van der Waals surface area (Å²) in [6, 6.07) is 90.8. The van der Waals surface area contributed by atoms with Gasteiger partial charge < -0.3 is 14.2 Å². The summed E-state index contributed by atoms with van der Waals surface area (Å²) in [7, 11) is 0. The van der Waals surface area contributed by atoms with Gasteiger partial charge in [-0.2, -0.15) is 0 Å². The smallest absolute Gasteiger partial charge is 0.137 e. The van der Waals surface area contributed by atoms with Crippen LogP contribution in [0.1, 0.15) is 0 Å². The Morgan fingerprint density at radius 2 is 0.603 bits per heavy atom. The fourth-order valence-electron chi connectivity index (χ4n) is 9.00. The summed E-state index contributed by atoms with van der Waals surface area (Å²) in [5, 5.41) is 2.16. The van der Waals surface area contributed by atoms with Crippen molar-refractivity contribution in [1.82, 2.24) is 0 Å². The first-order valence-corrected chi connectivity index (χ1v) is 21.4. The third-order valence-electron chi connectivity index (χ3n) is 11.9. The highest BCUT2D eigenvalue weighted by molar-refractivity contribution is 6.14. The number of nitrogens with zero attached hydrogens (tertiary/aromatic N) is 2. The average Bonchev–Trinajstić information content (AvgIpc) is 3.75. The molecule has 0 unspecified atom stereocenters. The number of hydrogen-bond acceptors (Lipinski definition) is 3. The molecule has 11 aromatic rings. The molecule has 3 nitrogen and oxygen atoms in total. The number of para-hydroxylation sites is 4. The first-order valence-electron chi connectivity index (χ1n) is 21.4. The highest BCUT2D eigenvalue weighted by Crippen LogP contribution is 2.48. The molecule has 63 heavy (non-hydrogen) atoms. The molecule has 298 valence electrons. The van der Waals surface area contributed by atoms with E-state index in [1.54, 1.807) is 0 Å². The molecule has 0 bridgehead atoms. The van der Waals surface area contributed by atoms with Crippen molar-refractivity contribution >= 4 is 56.1 Å². The number of rotatable bonds is 10. The van der Waals surface area contributed by atoms with E-state index in [1.165, 1.54) is 0 Å². The topological polar surface area (TPSA) is 19.6 Å². The summed E-state index contributed by atoms with van der Waals surface area (Å²) in [5.41, 5.74) is 17.3. The molecule has 0 aliphatic heterocycles. The first kappa shape index (κ1) is 37.6. The monoisotopic (exact) mass is 806 g/mol. The van der Waals surface area contributed by atoms with Gasteiger partial charge in [-0.15, -0.1) is 0 Å². The molecule has 0 spiro atoms. The quantitative estimate of drug-likeness (QED) is 0.137. The van der Waals surface area contributed by atoms with Crippen LogP contribution in [-0.4, -0.2) is 0 Å². The minimum atomic E-state index is 0.853. The average molecular weight is 807 g/mol. The van der Waals surface area contributed by atoms with E-state index in [9.17, 15) is 0 Å². The zero-order valence-electron chi connectivity index (χ0n) is 34.6. The second kappa shape index (κ2) is 16.6. The van der Waals surface area contributed by atoms with Crippen molar-refractivity contribution in [3.63, 3.8) is 0 Å². The van der Waals surface area contributed by atoms with Crippen LogP contribution in [0.2, 0.25) is 0 Å². The van der Waals surface area contributed by atoms with Crippen LogP contribution in [0.4, 0.5) is 34.1 Å². The van der Waals surface area contributed by atoms with Crippen molar-refractivity contribution in [1.29, 1.82) is 0 Å². The molecule has 1 heterocycles. The molecule has 11 rings (SSSR count). The van der Waals surface area contributed by atoms with Crippen molar-refractivity contribution in [2.24, 2.45) is 0 Å². The standard InChI is InChI=1S/C60H42N2O/c1-4-21-43(22-5-1)50-31-10-14-35-54(50)61(55-36-15-11-32-51(55)44-23-6-2-7-24-44)48-29-18-27-46(41-48)47-28-19-30-49(42-47)62(56-37-16-12-33-52(56)45-25-8-3-9-26-45)57-38-20-40-59-60(57)53-34-13-17-39-58(53)63-59/h1-42H. The Morgan fingerprint density at radius 3 is 1.10 bits per heavy atom. The fraction of sp³-hybridized carbons (Fsp3) is 0. The largest absolute Gasteiger partial charge is 0.456 e. The Bertz CT molecular complexity index is 3270. The maximum absolute atomic E-state index is 6.47. The van der Waals surface area contributed by atoms with Gasteiger partial charge in [0, 0.05) is 33.5 Å². The van der Waals surface area contributed by atoms with Crippen molar-refractivity contribution in [2.75, 3.05) is 9.80 Å². The Kier molecular flexibility index (Phi) is 9.89. The van der Waals surface area contributed by atoms with E-state index in [2.05, 4.69) is 259 Å². The van der Waals surface area contributed by atoms with E-state index in [0.717, 1.165) is 101 Å². The van der Waals surface area contributed by atoms with Crippen LogP contribution in [-0.2, 0) is 0 Å². The zero-order chi connectivity index (χ0) is 42.0. The minimum absolute atomic E-state index is 0.853. The predicted octanol–water partition coefficient (Wildman–Crippen LogP) is 17.2. The lowest BCUT2D eigenvalue weighted by Crippen LogP contribution is -2.12. The lowest BCUT2D eigenvalue weighted by atomic mass is 9.97. The van der Waals surface area contributed by atoms with Gasteiger partial charge in [-0.1, -0.05) is 194 Å². The highest BCUT2D eigenvalue weighted by Gasteiger charge is 2.24. The molecule has 0 aliphatic rings. The van der Waals surface area contributed by atoms with E-state index in [4.69, 9.17) is 4.42 Å². The maximum atomic E-state index is 6.47. The first-order chi connectivity index (χ1) is 31.3. The molecular formula is C60H42N2O. The molecule has 0 radical (unpaired) electrons. The van der Waals surface area contributed by atoms with Gasteiger partial charge in [0.1, 0.15) is 11.2 Å². The second-order valence-corrected chi connectivity index (χ2v) is 15.7. The summed E-state index contributed by atoms with van der Waals surface area (Å²) in [5.74, 6) is 0. The van der Waals surface area contributed by atoms with Crippen molar-refractivity contribution in [2.45, 2.75) is 0 Å². The van der Waals surface area contributed by atoms with E-state index in [0.29, 0.717) is 0 Å². The summed E-state index contributed by atoms with van der Waals surface area (Å²) in [4.78, 5) is 4.82. The minimum Gasteiger partial charge on any atom is -0.456 e. The van der Waals surface area contributed by atoms with Gasteiger partial charge in [0.2, 0.25) is 0 Å². The molecule has 0 atom stereocenters. The highest BCUT2D eigenvalue weighted by atomic mass is 16.3. The van der Waals surface area contributed by atoms with Crippen LogP contribution in [0.3, 0.4) is 0 Å². The number of fused-ring (bicyclic) bond motifs is 3. The lowest BCUT2D eigenvalue weighted by molar-refractivity contribution is 0.669. The number of anilines is 6. The summed E-state index contributed by atoms with van der Waals surface area (Å²) >= 11 is 0. The number of benzene rings is 10. The van der Waals surface area contributed by atoms with Crippen molar-refractivity contribution in [3.8, 4) is 44.5 Å². The van der Waals surface area contributed by atoms with Crippen LogP contribution < -0.4 is 9.80 Å². The second-order valence-electron chi connectivity index (χ2n) is 15.7. The lowest BCUT2D eigenvalue weighted by Gasteiger charge is -2.30. The molecule has 0 fully saturated rings. The van der Waals surface area contributed by atoms with Gasteiger partial charge >= 0.3 is 0 Å². The van der Waals surface area contributed by atoms with E-state index < -0.39 is 0 Å². The molecule has 0 aliphatic carbocycles. The van der Waals surface area contributed by atoms with Crippen LogP contribution >= 0.6 is 0 Å². The van der Waals surface area contributed by atoms with Crippen molar-refractivity contribution < 1.29 is 4.42 Å². The van der Waals surface area contributed by atoms with Gasteiger partial charge in [-0.25, -0.2) is 0 Å². The Balaban J connectivity index is 1.10. The predicted molar refractivity (Wildman–Crippen MR) is 265 cm³/mol. The third-order valence-corrected chi connectivity index (χ3v) is 11.9. The van der Waals surface area contributed by atoms with Gasteiger partial charge in [-0.3, -0.25) is 0 Å². The molecule has 0 N–H and O–H groups in total. The third kappa shape index (κ3) is 7.12. The molecular weight excluding hydrogens is 765 g/mol. The molecule has 3 heteroatoms. The van der Waals surface area contributed by atoms with E-state index >= 15 is 0 Å². The van der Waals surface area contributed by atoms with Crippen LogP contribution in [0, 0.1) is 0 Å². The Hall–Kier alpha value is -8.40. The summed E-state index contributed by atoms with van der Waals surface area (Å²) in [6.07, 6.45) is 0. The SMILES string of the molecule is c1ccc(-c2ccccc2N(c2cccc(-c3cccc(N(c4ccccc4-c4ccccc4)c4cccc5oc6ccccc6c45)c3)c2)c2ccccc2-c2ccccc2)cc1. The van der Waals surface area contributed by atoms with Crippen LogP contribution in [0.5, 0.6) is 0 Å². The molecule has 0 amide bonds. The normalized spacial score (nSPS) is 11.2. The van der Waals surface area contributed by atoms with E-state index in [-0.39, 0.29) is 0 Å². The van der Waals surface area contributed by atoms with Crippen molar-refractivity contribution in [3.05, 3.63) is 255 Å². The Labute approximate surface area is 368 Å². The van der Waals surface area contributed by atoms with E-state index in [1.807, 2.05) is 6.07 Å². The fourth-order valence-corrected chi connectivity index (χ4v) is 9.00. The summed E-state index contributed by atoms with van der Waals surface area (Å²) < 4.78 is 6.47. The van der Waals surface area contributed by atoms with Gasteiger partial charge in [0.15, 0.2) is 0 Å². The van der Waals surface area contributed by atoms with Gasteiger partial charge in [0.05, 0.1) is 28.1 Å². The maximum Gasteiger partial charge on any atom is 0.137 e. The van der Waals surface area contributed by atoms with Crippen LogP contribution in [0.25, 0.3) is 66.4 Å². The van der Waals surface area contributed by atoms with Crippen LogP contribution in [0.15, 0.2) is 259 Å². The molecule has 1 aromatic heterocycles. The zero-order valence-corrected chi connectivity index (χ0v) is 34.6. The molecule has 10 aromatic carbocycles. The number of hydrogen-bond donors (Lipinski definition) is 0. The summed E-state index contributed by atoms with van der Waals surface area (Å²) in [6.45, 7) is 0. The van der Waals surface area contributed by atoms with Gasteiger partial charge in [-0.05, 0) is 88.5 Å². The van der Waals surface area contributed by atoms with Gasteiger partial charge in [0.25, 0.3) is 0 Å². The Morgan fingerprint density at radius 1 is 0.254 bits per heavy atom. The molecule has 0 saturated heterocycles. The molecule has 0 saturated carbocycles. The number of furan rings is 1.